The first kappa shape index (κ1) is 23.0. The number of benzene rings is 2. The van der Waals surface area contributed by atoms with Crippen molar-refractivity contribution in [1.82, 2.24) is 0 Å². The van der Waals surface area contributed by atoms with Gasteiger partial charge in [-0.2, -0.15) is 0 Å². The topological polar surface area (TPSA) is 35.5 Å². The zero-order valence-electron chi connectivity index (χ0n) is 16.8. The SMILES string of the molecule is COC(=O)[C@H](F)CC(I)CO[Si](c1ccccc1)(c1ccccc1)C(C)(C)C. The fourth-order valence-electron chi connectivity index (χ4n) is 3.49. The van der Waals surface area contributed by atoms with Gasteiger partial charge in [0.05, 0.1) is 7.11 Å². The van der Waals surface area contributed by atoms with E-state index >= 15 is 0 Å². The highest BCUT2D eigenvalue weighted by Gasteiger charge is 2.50. The lowest BCUT2D eigenvalue weighted by Crippen LogP contribution is -2.67. The van der Waals surface area contributed by atoms with Gasteiger partial charge >= 0.3 is 5.97 Å². The van der Waals surface area contributed by atoms with Crippen molar-refractivity contribution in [1.29, 1.82) is 0 Å². The van der Waals surface area contributed by atoms with Crippen LogP contribution in [-0.4, -0.2) is 38.1 Å². The Morgan fingerprint density at radius 2 is 1.50 bits per heavy atom. The summed E-state index contributed by atoms with van der Waals surface area (Å²) < 4.78 is 25.1. The summed E-state index contributed by atoms with van der Waals surface area (Å²) in [5, 5.41) is 2.23. The molecule has 0 aliphatic carbocycles. The molecule has 0 bridgehead atoms. The van der Waals surface area contributed by atoms with Crippen molar-refractivity contribution in [3.05, 3.63) is 60.7 Å². The first-order valence-corrected chi connectivity index (χ1v) is 12.5. The zero-order chi connectivity index (χ0) is 20.8. The summed E-state index contributed by atoms with van der Waals surface area (Å²) in [6.45, 7) is 6.97. The van der Waals surface area contributed by atoms with Gasteiger partial charge in [-0.3, -0.25) is 0 Å². The summed E-state index contributed by atoms with van der Waals surface area (Å²) in [4.78, 5) is 11.4. The van der Waals surface area contributed by atoms with E-state index < -0.39 is 20.5 Å². The van der Waals surface area contributed by atoms with Crippen molar-refractivity contribution in [3.8, 4) is 0 Å². The zero-order valence-corrected chi connectivity index (χ0v) is 20.0. The molecule has 0 saturated heterocycles. The van der Waals surface area contributed by atoms with E-state index in [1.165, 1.54) is 17.5 Å². The highest BCUT2D eigenvalue weighted by Crippen LogP contribution is 2.37. The lowest BCUT2D eigenvalue weighted by atomic mass is 10.2. The number of carbonyl (C=O) groups is 1. The minimum atomic E-state index is -2.64. The van der Waals surface area contributed by atoms with Gasteiger partial charge in [-0.15, -0.1) is 0 Å². The van der Waals surface area contributed by atoms with E-state index in [-0.39, 0.29) is 15.4 Å². The fourth-order valence-corrected chi connectivity index (χ4v) is 9.07. The van der Waals surface area contributed by atoms with Gasteiger partial charge in [-0.05, 0) is 15.4 Å². The molecule has 3 nitrogen and oxygen atoms in total. The summed E-state index contributed by atoms with van der Waals surface area (Å²) in [5.41, 5.74) is 0. The van der Waals surface area contributed by atoms with E-state index in [4.69, 9.17) is 4.43 Å². The number of esters is 1. The summed E-state index contributed by atoms with van der Waals surface area (Å²) in [6.07, 6.45) is -1.56. The van der Waals surface area contributed by atoms with Crippen molar-refractivity contribution in [2.45, 2.75) is 42.3 Å². The summed E-state index contributed by atoms with van der Waals surface area (Å²) in [7, 11) is -1.44. The third-order valence-corrected chi connectivity index (χ3v) is 10.7. The normalized spacial score (nSPS) is 14.4. The molecule has 2 rings (SSSR count). The molecule has 6 heteroatoms. The highest BCUT2D eigenvalue weighted by molar-refractivity contribution is 14.1. The van der Waals surface area contributed by atoms with Gasteiger partial charge < -0.3 is 9.16 Å². The molecule has 1 unspecified atom stereocenters. The average Bonchev–Trinajstić information content (AvgIpc) is 2.68. The van der Waals surface area contributed by atoms with Gasteiger partial charge in [-0.25, -0.2) is 9.18 Å². The minimum Gasteiger partial charge on any atom is -0.467 e. The van der Waals surface area contributed by atoms with Gasteiger partial charge in [0.1, 0.15) is 0 Å². The monoisotopic (exact) mass is 514 g/mol. The van der Waals surface area contributed by atoms with Gasteiger partial charge in [0.25, 0.3) is 8.32 Å². The number of hydrogen-bond acceptors (Lipinski definition) is 3. The Bertz CT molecular complexity index is 710. The molecule has 0 fully saturated rings. The Balaban J connectivity index is 2.38. The number of ether oxygens (including phenoxy) is 1. The van der Waals surface area contributed by atoms with E-state index in [0.717, 1.165) is 0 Å². The second kappa shape index (κ2) is 9.98. The smallest absolute Gasteiger partial charge is 0.340 e. The van der Waals surface area contributed by atoms with Crippen LogP contribution in [0.25, 0.3) is 0 Å². The predicted octanol–water partition coefficient (Wildman–Crippen LogP) is 4.27. The maximum atomic E-state index is 14.0. The van der Waals surface area contributed by atoms with Crippen LogP contribution in [0.4, 0.5) is 4.39 Å². The standard InChI is InChI=1S/C22H28FIO3Si/c1-22(2,3)28(18-11-7-5-8-12-18,19-13-9-6-10-14-19)27-16-17(24)15-20(23)21(25)26-4/h5-14,17,20H,15-16H2,1-4H3/t17?,20-/m1/s1. The first-order valence-electron chi connectivity index (χ1n) is 9.33. The lowest BCUT2D eigenvalue weighted by molar-refractivity contribution is -0.146. The lowest BCUT2D eigenvalue weighted by Gasteiger charge is -2.43. The number of hydrogen-bond donors (Lipinski definition) is 0. The first-order chi connectivity index (χ1) is 13.2. The van der Waals surface area contributed by atoms with E-state index in [2.05, 4.69) is 72.4 Å². The van der Waals surface area contributed by atoms with Crippen molar-refractivity contribution < 1.29 is 18.3 Å². The van der Waals surface area contributed by atoms with Crippen LogP contribution < -0.4 is 10.4 Å². The number of rotatable bonds is 8. The van der Waals surface area contributed by atoms with Crippen LogP contribution in [0.3, 0.4) is 0 Å². The molecular formula is C22H28FIO3Si. The number of alkyl halides is 2. The fraction of sp³-hybridized carbons (Fsp3) is 0.409. The van der Waals surface area contributed by atoms with Gasteiger partial charge in [0.15, 0.2) is 6.17 Å². The molecule has 0 heterocycles. The number of halogens is 2. The van der Waals surface area contributed by atoms with E-state index in [1.807, 2.05) is 36.4 Å². The third kappa shape index (κ3) is 5.21. The van der Waals surface area contributed by atoms with Crippen LogP contribution in [0.15, 0.2) is 60.7 Å². The molecule has 0 aliphatic rings. The molecule has 0 aliphatic heterocycles. The molecular weight excluding hydrogens is 486 g/mol. The molecule has 2 aromatic rings. The van der Waals surface area contributed by atoms with Crippen molar-refractivity contribution >= 4 is 47.3 Å². The van der Waals surface area contributed by atoms with Crippen LogP contribution in [0.2, 0.25) is 5.04 Å². The Morgan fingerprint density at radius 3 is 1.89 bits per heavy atom. The number of methoxy groups -OCH3 is 1. The van der Waals surface area contributed by atoms with Crippen LogP contribution in [0.1, 0.15) is 27.2 Å². The highest BCUT2D eigenvalue weighted by atomic mass is 127. The van der Waals surface area contributed by atoms with Crippen LogP contribution in [-0.2, 0) is 14.0 Å². The average molecular weight is 514 g/mol. The van der Waals surface area contributed by atoms with Crippen molar-refractivity contribution in [2.24, 2.45) is 0 Å². The van der Waals surface area contributed by atoms with Crippen LogP contribution in [0.5, 0.6) is 0 Å². The van der Waals surface area contributed by atoms with Crippen LogP contribution in [0, 0.1) is 0 Å². The summed E-state index contributed by atoms with van der Waals surface area (Å²) >= 11 is 2.16. The molecule has 2 aromatic carbocycles. The van der Waals surface area contributed by atoms with Gasteiger partial charge in [-0.1, -0.05) is 104 Å². The maximum Gasteiger partial charge on any atom is 0.340 e. The number of carbonyl (C=O) groups excluding carboxylic acids is 1. The molecule has 2 atom stereocenters. The Morgan fingerprint density at radius 1 is 1.04 bits per heavy atom. The molecule has 0 aromatic heterocycles. The molecule has 0 saturated carbocycles. The molecule has 28 heavy (non-hydrogen) atoms. The Labute approximate surface area is 181 Å². The van der Waals surface area contributed by atoms with Crippen LogP contribution >= 0.6 is 22.6 Å². The summed E-state index contributed by atoms with van der Waals surface area (Å²) in [6, 6.07) is 20.6. The molecule has 0 amide bonds. The predicted molar refractivity (Wildman–Crippen MR) is 123 cm³/mol. The quantitative estimate of drug-likeness (QED) is 0.229. The van der Waals surface area contributed by atoms with Crippen molar-refractivity contribution in [2.75, 3.05) is 13.7 Å². The second-order valence-corrected chi connectivity index (χ2v) is 13.9. The maximum absolute atomic E-state index is 14.0. The Kier molecular flexibility index (Phi) is 8.21. The van der Waals surface area contributed by atoms with E-state index in [1.54, 1.807) is 0 Å². The second-order valence-electron chi connectivity index (χ2n) is 7.80. The molecule has 0 radical (unpaired) electrons. The Hall–Kier alpha value is -1.25. The summed E-state index contributed by atoms with van der Waals surface area (Å²) in [5.74, 6) is -0.827. The van der Waals surface area contributed by atoms with Gasteiger partial charge in [0.2, 0.25) is 0 Å². The third-order valence-electron chi connectivity index (χ3n) is 4.82. The van der Waals surface area contributed by atoms with Gasteiger partial charge in [0, 0.05) is 17.0 Å². The molecule has 0 N–H and O–H groups in total. The van der Waals surface area contributed by atoms with Crippen molar-refractivity contribution in [3.63, 3.8) is 0 Å². The molecule has 0 spiro atoms. The largest absolute Gasteiger partial charge is 0.467 e. The van der Waals surface area contributed by atoms with E-state index in [0.29, 0.717) is 6.61 Å². The molecule has 152 valence electrons. The minimum absolute atomic E-state index is 0.0748. The van der Waals surface area contributed by atoms with E-state index in [9.17, 15) is 9.18 Å².